The molecule has 114 valence electrons. The Labute approximate surface area is 130 Å². The molecule has 0 bridgehead atoms. The van der Waals surface area contributed by atoms with Crippen molar-refractivity contribution in [2.24, 2.45) is 0 Å². The Kier molecular flexibility index (Phi) is 6.62. The molecule has 20 heavy (non-hydrogen) atoms. The van der Waals surface area contributed by atoms with Crippen molar-refractivity contribution in [2.45, 2.75) is 52.2 Å². The van der Waals surface area contributed by atoms with Gasteiger partial charge < -0.3 is 5.11 Å². The van der Waals surface area contributed by atoms with Crippen molar-refractivity contribution in [3.8, 4) is 0 Å². The van der Waals surface area contributed by atoms with Crippen LogP contribution in [0.3, 0.4) is 0 Å². The van der Waals surface area contributed by atoms with Crippen LogP contribution in [-0.2, 0) is 6.42 Å². The standard InChI is InChI=1S/C16H25BrFNO/c1-5-16(4,19(6-2)7-3)15(20)10-12-8-9-13(18)11-14(12)17/h8-9,11,15,20H,5-7,10H2,1-4H3. The largest absolute Gasteiger partial charge is 0.391 e. The van der Waals surface area contributed by atoms with Gasteiger partial charge in [0.25, 0.3) is 0 Å². The molecule has 0 aromatic heterocycles. The first-order chi connectivity index (χ1) is 9.38. The second kappa shape index (κ2) is 7.53. The molecular formula is C16H25BrFNO. The van der Waals surface area contributed by atoms with E-state index in [0.717, 1.165) is 29.5 Å². The predicted molar refractivity (Wildman–Crippen MR) is 85.4 cm³/mol. The van der Waals surface area contributed by atoms with Gasteiger partial charge in [0, 0.05) is 16.4 Å². The number of rotatable bonds is 7. The van der Waals surface area contributed by atoms with Crippen molar-refractivity contribution in [1.29, 1.82) is 0 Å². The first-order valence-corrected chi connectivity index (χ1v) is 8.05. The molecule has 0 heterocycles. The van der Waals surface area contributed by atoms with Crippen molar-refractivity contribution < 1.29 is 9.50 Å². The summed E-state index contributed by atoms with van der Waals surface area (Å²) in [5.41, 5.74) is 0.669. The van der Waals surface area contributed by atoms with Gasteiger partial charge in [0.2, 0.25) is 0 Å². The van der Waals surface area contributed by atoms with E-state index in [-0.39, 0.29) is 11.4 Å². The Bertz CT molecular complexity index is 436. The molecule has 4 heteroatoms. The van der Waals surface area contributed by atoms with Gasteiger partial charge >= 0.3 is 0 Å². The fourth-order valence-corrected chi connectivity index (χ4v) is 3.24. The fourth-order valence-electron chi connectivity index (χ4n) is 2.73. The number of hydrogen-bond donors (Lipinski definition) is 1. The number of benzene rings is 1. The summed E-state index contributed by atoms with van der Waals surface area (Å²) < 4.78 is 13.8. The van der Waals surface area contributed by atoms with Crippen molar-refractivity contribution in [3.63, 3.8) is 0 Å². The Morgan fingerprint density at radius 3 is 2.35 bits per heavy atom. The number of aliphatic hydroxyl groups excluding tert-OH is 1. The zero-order valence-corrected chi connectivity index (χ0v) is 14.4. The molecular weight excluding hydrogens is 321 g/mol. The first kappa shape index (κ1) is 17.6. The van der Waals surface area contributed by atoms with Crippen LogP contribution in [0.1, 0.15) is 39.7 Å². The van der Waals surface area contributed by atoms with Gasteiger partial charge in [-0.2, -0.15) is 0 Å². The summed E-state index contributed by atoms with van der Waals surface area (Å²) in [6.45, 7) is 10.2. The molecule has 0 spiro atoms. The third-order valence-electron chi connectivity index (χ3n) is 4.35. The van der Waals surface area contributed by atoms with Crippen LogP contribution in [-0.4, -0.2) is 34.7 Å². The minimum atomic E-state index is -0.492. The monoisotopic (exact) mass is 345 g/mol. The molecule has 2 nitrogen and oxygen atoms in total. The molecule has 1 N–H and O–H groups in total. The van der Waals surface area contributed by atoms with Gasteiger partial charge in [-0.25, -0.2) is 4.39 Å². The third-order valence-corrected chi connectivity index (χ3v) is 5.09. The molecule has 1 aromatic carbocycles. The highest BCUT2D eigenvalue weighted by Gasteiger charge is 2.36. The minimum absolute atomic E-state index is 0.267. The van der Waals surface area contributed by atoms with Gasteiger partial charge in [0.1, 0.15) is 5.82 Å². The lowest BCUT2D eigenvalue weighted by atomic mass is 9.85. The second-order valence-corrected chi connectivity index (χ2v) is 6.19. The Hall–Kier alpha value is -0.450. The van der Waals surface area contributed by atoms with Gasteiger partial charge in [-0.1, -0.05) is 42.8 Å². The number of hydrogen-bond acceptors (Lipinski definition) is 2. The smallest absolute Gasteiger partial charge is 0.124 e. The lowest BCUT2D eigenvalue weighted by Crippen LogP contribution is -2.54. The van der Waals surface area contributed by atoms with E-state index in [9.17, 15) is 9.50 Å². The van der Waals surface area contributed by atoms with E-state index < -0.39 is 6.10 Å². The maximum absolute atomic E-state index is 13.1. The highest BCUT2D eigenvalue weighted by Crippen LogP contribution is 2.28. The molecule has 0 aliphatic heterocycles. The second-order valence-electron chi connectivity index (χ2n) is 5.34. The van der Waals surface area contributed by atoms with Crippen LogP contribution in [0, 0.1) is 5.82 Å². The van der Waals surface area contributed by atoms with E-state index in [2.05, 4.69) is 48.5 Å². The summed E-state index contributed by atoms with van der Waals surface area (Å²) in [4.78, 5) is 2.29. The Morgan fingerprint density at radius 2 is 1.90 bits per heavy atom. The highest BCUT2D eigenvalue weighted by atomic mass is 79.9. The predicted octanol–water partition coefficient (Wildman–Crippen LogP) is 4.00. The minimum Gasteiger partial charge on any atom is -0.391 e. The molecule has 2 unspecified atom stereocenters. The zero-order chi connectivity index (χ0) is 15.3. The molecule has 0 saturated carbocycles. The lowest BCUT2D eigenvalue weighted by Gasteiger charge is -2.43. The molecule has 2 atom stereocenters. The maximum atomic E-state index is 13.1. The van der Waals surface area contributed by atoms with Crippen LogP contribution in [0.4, 0.5) is 4.39 Å². The van der Waals surface area contributed by atoms with Crippen LogP contribution in [0.5, 0.6) is 0 Å². The summed E-state index contributed by atoms with van der Waals surface area (Å²) in [6.07, 6.45) is 0.894. The van der Waals surface area contributed by atoms with Crippen LogP contribution < -0.4 is 0 Å². The quantitative estimate of drug-likeness (QED) is 0.807. The fraction of sp³-hybridized carbons (Fsp3) is 0.625. The number of halogens is 2. The normalized spacial score (nSPS) is 16.2. The van der Waals surface area contributed by atoms with E-state index >= 15 is 0 Å². The summed E-state index contributed by atoms with van der Waals surface area (Å²) >= 11 is 3.37. The molecule has 1 aromatic rings. The number of likely N-dealkylation sites (N-methyl/N-ethyl adjacent to an activating group) is 1. The van der Waals surface area contributed by atoms with Gasteiger partial charge in [-0.3, -0.25) is 4.90 Å². The summed E-state index contributed by atoms with van der Waals surface area (Å²) in [7, 11) is 0. The molecule has 0 aliphatic rings. The average molecular weight is 346 g/mol. The molecule has 0 fully saturated rings. The van der Waals surface area contributed by atoms with E-state index in [1.807, 2.05) is 0 Å². The topological polar surface area (TPSA) is 23.5 Å². The van der Waals surface area contributed by atoms with E-state index in [1.54, 1.807) is 6.07 Å². The average Bonchev–Trinajstić information content (AvgIpc) is 2.42. The van der Waals surface area contributed by atoms with Gasteiger partial charge in [0.15, 0.2) is 0 Å². The van der Waals surface area contributed by atoms with Crippen LogP contribution >= 0.6 is 15.9 Å². The van der Waals surface area contributed by atoms with Crippen molar-refractivity contribution >= 4 is 15.9 Å². The molecule has 0 radical (unpaired) electrons. The summed E-state index contributed by atoms with van der Waals surface area (Å²) in [5.74, 6) is -0.267. The van der Waals surface area contributed by atoms with E-state index in [4.69, 9.17) is 0 Å². The van der Waals surface area contributed by atoms with Crippen molar-refractivity contribution in [2.75, 3.05) is 13.1 Å². The van der Waals surface area contributed by atoms with E-state index in [0.29, 0.717) is 6.42 Å². The van der Waals surface area contributed by atoms with Crippen LogP contribution in [0.2, 0.25) is 0 Å². The van der Waals surface area contributed by atoms with Crippen LogP contribution in [0.15, 0.2) is 22.7 Å². The van der Waals surface area contributed by atoms with Gasteiger partial charge in [-0.15, -0.1) is 0 Å². The number of nitrogens with zero attached hydrogens (tertiary/aromatic N) is 1. The first-order valence-electron chi connectivity index (χ1n) is 7.26. The van der Waals surface area contributed by atoms with Crippen molar-refractivity contribution in [3.05, 3.63) is 34.1 Å². The summed E-state index contributed by atoms with van der Waals surface area (Å²) in [5, 5.41) is 10.7. The van der Waals surface area contributed by atoms with Crippen molar-refractivity contribution in [1.82, 2.24) is 4.90 Å². The maximum Gasteiger partial charge on any atom is 0.124 e. The zero-order valence-electron chi connectivity index (χ0n) is 12.8. The SMILES string of the molecule is CCN(CC)C(C)(CC)C(O)Cc1ccc(F)cc1Br. The van der Waals surface area contributed by atoms with Gasteiger partial charge in [-0.05, 0) is 44.1 Å². The Morgan fingerprint density at radius 1 is 1.30 bits per heavy atom. The number of aliphatic hydroxyl groups is 1. The molecule has 0 amide bonds. The van der Waals surface area contributed by atoms with Crippen LogP contribution in [0.25, 0.3) is 0 Å². The highest BCUT2D eigenvalue weighted by molar-refractivity contribution is 9.10. The lowest BCUT2D eigenvalue weighted by molar-refractivity contribution is -0.0191. The van der Waals surface area contributed by atoms with Gasteiger partial charge in [0.05, 0.1) is 6.10 Å². The third kappa shape index (κ3) is 3.80. The molecule has 0 aliphatic carbocycles. The molecule has 0 saturated heterocycles. The van der Waals surface area contributed by atoms with E-state index in [1.165, 1.54) is 12.1 Å². The summed E-state index contributed by atoms with van der Waals surface area (Å²) in [6, 6.07) is 4.62. The Balaban J connectivity index is 2.94. The molecule has 1 rings (SSSR count).